The summed E-state index contributed by atoms with van der Waals surface area (Å²) in [6.07, 6.45) is 1.93. The van der Waals surface area contributed by atoms with Crippen LogP contribution in [-0.4, -0.2) is 71.1 Å². The minimum absolute atomic E-state index is 0.314. The molecule has 0 atom stereocenters. The Morgan fingerprint density at radius 3 is 2.88 bits per heavy atom. The van der Waals surface area contributed by atoms with Gasteiger partial charge in [0.15, 0.2) is 17.5 Å². The van der Waals surface area contributed by atoms with Crippen LogP contribution in [-0.2, 0) is 11.2 Å². The van der Waals surface area contributed by atoms with Crippen LogP contribution in [0.3, 0.4) is 0 Å². The zero-order valence-electron chi connectivity index (χ0n) is 16.2. The molecule has 7 nitrogen and oxygen atoms in total. The largest absolute Gasteiger partial charge is 0.454 e. The molecular formula is C19H32N4O3. The Morgan fingerprint density at radius 2 is 2.08 bits per heavy atom. The molecule has 26 heavy (non-hydrogen) atoms. The molecule has 1 heterocycles. The summed E-state index contributed by atoms with van der Waals surface area (Å²) in [5, 5.41) is 6.69. The molecule has 0 unspecified atom stereocenters. The highest BCUT2D eigenvalue weighted by atomic mass is 16.7. The number of fused-ring (bicyclic) bond motifs is 1. The average molecular weight is 364 g/mol. The molecule has 7 heteroatoms. The zero-order valence-corrected chi connectivity index (χ0v) is 16.2. The van der Waals surface area contributed by atoms with Crippen molar-refractivity contribution in [2.45, 2.75) is 19.8 Å². The van der Waals surface area contributed by atoms with Crippen molar-refractivity contribution in [2.24, 2.45) is 4.99 Å². The van der Waals surface area contributed by atoms with Crippen molar-refractivity contribution in [3.63, 3.8) is 0 Å². The van der Waals surface area contributed by atoms with E-state index in [0.717, 1.165) is 69.6 Å². The summed E-state index contributed by atoms with van der Waals surface area (Å²) >= 11 is 0. The highest BCUT2D eigenvalue weighted by molar-refractivity contribution is 5.79. The lowest BCUT2D eigenvalue weighted by Crippen LogP contribution is -2.38. The standard InChI is InChI=1S/C19H32N4O3/c1-4-20-19(21-9-5-11-23(2)12-13-24-3)22-10-8-16-6-7-17-18(14-16)26-15-25-17/h6-7,14H,4-5,8-13,15H2,1-3H3,(H2,20,21,22). The lowest BCUT2D eigenvalue weighted by molar-refractivity contribution is 0.161. The second-order valence-electron chi connectivity index (χ2n) is 6.27. The molecular weight excluding hydrogens is 332 g/mol. The van der Waals surface area contributed by atoms with Crippen LogP contribution >= 0.6 is 0 Å². The molecule has 0 bridgehead atoms. The van der Waals surface area contributed by atoms with Crippen LogP contribution in [0.15, 0.2) is 23.2 Å². The van der Waals surface area contributed by atoms with E-state index in [4.69, 9.17) is 14.2 Å². The van der Waals surface area contributed by atoms with Crippen molar-refractivity contribution < 1.29 is 14.2 Å². The Labute approximate surface area is 156 Å². The molecule has 0 aliphatic carbocycles. The van der Waals surface area contributed by atoms with E-state index in [1.165, 1.54) is 5.56 Å². The van der Waals surface area contributed by atoms with E-state index in [1.807, 2.05) is 12.1 Å². The summed E-state index contributed by atoms with van der Waals surface area (Å²) in [5.74, 6) is 2.53. The van der Waals surface area contributed by atoms with Gasteiger partial charge < -0.3 is 29.7 Å². The predicted molar refractivity (Wildman–Crippen MR) is 104 cm³/mol. The fraction of sp³-hybridized carbons (Fsp3) is 0.632. The number of methoxy groups -OCH3 is 1. The smallest absolute Gasteiger partial charge is 0.231 e. The maximum absolute atomic E-state index is 5.42. The highest BCUT2D eigenvalue weighted by Crippen LogP contribution is 2.32. The number of nitrogens with zero attached hydrogens (tertiary/aromatic N) is 2. The van der Waals surface area contributed by atoms with Gasteiger partial charge in [-0.05, 0) is 51.1 Å². The Balaban J connectivity index is 1.69. The Bertz CT molecular complexity index is 566. The van der Waals surface area contributed by atoms with Crippen molar-refractivity contribution in [3.8, 4) is 11.5 Å². The number of hydrogen-bond acceptors (Lipinski definition) is 5. The van der Waals surface area contributed by atoms with E-state index in [1.54, 1.807) is 7.11 Å². The van der Waals surface area contributed by atoms with Crippen molar-refractivity contribution in [3.05, 3.63) is 23.8 Å². The summed E-state index contributed by atoms with van der Waals surface area (Å²) < 4.78 is 15.9. The topological polar surface area (TPSA) is 67.4 Å². The molecule has 146 valence electrons. The van der Waals surface area contributed by atoms with Crippen LogP contribution in [0.2, 0.25) is 0 Å². The van der Waals surface area contributed by atoms with E-state index in [-0.39, 0.29) is 0 Å². The third kappa shape index (κ3) is 7.09. The lowest BCUT2D eigenvalue weighted by Gasteiger charge is -2.15. The van der Waals surface area contributed by atoms with E-state index in [2.05, 4.69) is 40.6 Å². The Kier molecular flexibility index (Phi) is 9.06. The van der Waals surface area contributed by atoms with Crippen LogP contribution in [0.1, 0.15) is 18.9 Å². The van der Waals surface area contributed by atoms with E-state index in [9.17, 15) is 0 Å². The van der Waals surface area contributed by atoms with Gasteiger partial charge in [0.1, 0.15) is 0 Å². The second-order valence-corrected chi connectivity index (χ2v) is 6.27. The maximum atomic E-state index is 5.42. The first-order valence-corrected chi connectivity index (χ1v) is 9.31. The van der Waals surface area contributed by atoms with Gasteiger partial charge in [-0.15, -0.1) is 0 Å². The van der Waals surface area contributed by atoms with Crippen LogP contribution < -0.4 is 20.1 Å². The molecule has 2 rings (SSSR count). The van der Waals surface area contributed by atoms with Crippen LogP contribution in [0, 0.1) is 0 Å². The van der Waals surface area contributed by atoms with Crippen LogP contribution in [0.5, 0.6) is 11.5 Å². The number of benzene rings is 1. The monoisotopic (exact) mass is 364 g/mol. The molecule has 1 aromatic rings. The average Bonchev–Trinajstić information content (AvgIpc) is 3.11. The van der Waals surface area contributed by atoms with Crippen molar-refractivity contribution in [1.82, 2.24) is 15.5 Å². The second kappa shape index (κ2) is 11.6. The third-order valence-electron chi connectivity index (χ3n) is 4.13. The van der Waals surface area contributed by atoms with Gasteiger partial charge in [0.2, 0.25) is 6.79 Å². The van der Waals surface area contributed by atoms with Gasteiger partial charge in [-0.2, -0.15) is 0 Å². The van der Waals surface area contributed by atoms with Crippen molar-refractivity contribution >= 4 is 5.96 Å². The highest BCUT2D eigenvalue weighted by Gasteiger charge is 2.12. The first-order chi connectivity index (χ1) is 12.7. The third-order valence-corrected chi connectivity index (χ3v) is 4.13. The Morgan fingerprint density at radius 1 is 1.23 bits per heavy atom. The Hall–Kier alpha value is -1.99. The SMILES string of the molecule is CCNC(=NCCCN(C)CCOC)NCCc1ccc2c(c1)OCO2. The summed E-state index contributed by atoms with van der Waals surface area (Å²) in [6, 6.07) is 6.09. The lowest BCUT2D eigenvalue weighted by atomic mass is 10.1. The summed E-state index contributed by atoms with van der Waals surface area (Å²) in [5.41, 5.74) is 1.22. The minimum atomic E-state index is 0.314. The van der Waals surface area contributed by atoms with Gasteiger partial charge in [0.25, 0.3) is 0 Å². The molecule has 0 aromatic heterocycles. The first kappa shape index (κ1) is 20.3. The molecule has 2 N–H and O–H groups in total. The number of guanidine groups is 1. The number of rotatable bonds is 11. The van der Waals surface area contributed by atoms with Gasteiger partial charge in [-0.1, -0.05) is 6.07 Å². The van der Waals surface area contributed by atoms with E-state index in [0.29, 0.717) is 6.79 Å². The van der Waals surface area contributed by atoms with Gasteiger partial charge in [-0.3, -0.25) is 4.99 Å². The predicted octanol–water partition coefficient (Wildman–Crippen LogP) is 1.48. The molecule has 0 spiro atoms. The van der Waals surface area contributed by atoms with Crippen molar-refractivity contribution in [2.75, 3.05) is 60.3 Å². The fourth-order valence-corrected chi connectivity index (χ4v) is 2.65. The number of aliphatic imine (C=N–C) groups is 1. The molecule has 1 aromatic carbocycles. The van der Waals surface area contributed by atoms with Crippen molar-refractivity contribution in [1.29, 1.82) is 0 Å². The first-order valence-electron chi connectivity index (χ1n) is 9.31. The zero-order chi connectivity index (χ0) is 18.6. The van der Waals surface area contributed by atoms with E-state index < -0.39 is 0 Å². The summed E-state index contributed by atoms with van der Waals surface area (Å²) in [7, 11) is 3.84. The number of likely N-dealkylation sites (N-methyl/N-ethyl adjacent to an activating group) is 1. The number of hydrogen-bond donors (Lipinski definition) is 2. The molecule has 0 saturated carbocycles. The maximum Gasteiger partial charge on any atom is 0.231 e. The molecule has 1 aliphatic heterocycles. The molecule has 0 saturated heterocycles. The summed E-state index contributed by atoms with van der Waals surface area (Å²) in [4.78, 5) is 6.91. The number of nitrogens with one attached hydrogen (secondary N) is 2. The quantitative estimate of drug-likeness (QED) is 0.352. The number of ether oxygens (including phenoxy) is 3. The molecule has 0 radical (unpaired) electrons. The minimum Gasteiger partial charge on any atom is -0.454 e. The molecule has 0 fully saturated rings. The normalized spacial score (nSPS) is 13.3. The van der Waals surface area contributed by atoms with Gasteiger partial charge in [0, 0.05) is 33.3 Å². The fourth-order valence-electron chi connectivity index (χ4n) is 2.65. The van der Waals surface area contributed by atoms with E-state index >= 15 is 0 Å². The summed E-state index contributed by atoms with van der Waals surface area (Å²) in [6.45, 7) is 7.60. The van der Waals surface area contributed by atoms with Gasteiger partial charge in [-0.25, -0.2) is 0 Å². The molecule has 1 aliphatic rings. The molecule has 0 amide bonds. The van der Waals surface area contributed by atoms with Crippen LogP contribution in [0.25, 0.3) is 0 Å². The van der Waals surface area contributed by atoms with Crippen LogP contribution in [0.4, 0.5) is 0 Å². The van der Waals surface area contributed by atoms with Gasteiger partial charge >= 0.3 is 0 Å². The van der Waals surface area contributed by atoms with Gasteiger partial charge in [0.05, 0.1) is 6.61 Å².